The zero-order valence-corrected chi connectivity index (χ0v) is 11.1. The van der Waals surface area contributed by atoms with Crippen molar-refractivity contribution in [1.82, 2.24) is 0 Å². The Morgan fingerprint density at radius 1 is 1.35 bits per heavy atom. The molecule has 0 radical (unpaired) electrons. The van der Waals surface area contributed by atoms with E-state index >= 15 is 0 Å². The molecule has 0 heterocycles. The van der Waals surface area contributed by atoms with Crippen molar-refractivity contribution in [3.8, 4) is 0 Å². The minimum Gasteiger partial charge on any atom is -0.462 e. The fourth-order valence-electron chi connectivity index (χ4n) is 1.29. The van der Waals surface area contributed by atoms with E-state index in [2.05, 4.69) is 0 Å². The Balaban J connectivity index is 4.25. The van der Waals surface area contributed by atoms with Gasteiger partial charge in [-0.05, 0) is 19.8 Å². The lowest BCUT2D eigenvalue weighted by Crippen LogP contribution is -2.28. The minimum atomic E-state index is -1.63. The van der Waals surface area contributed by atoms with Gasteiger partial charge in [0, 0.05) is 6.08 Å². The fourth-order valence-corrected chi connectivity index (χ4v) is 1.29. The summed E-state index contributed by atoms with van der Waals surface area (Å²) in [5.74, 6) is -0.559. The number of ether oxygens (including phenoxy) is 1. The molecule has 0 amide bonds. The van der Waals surface area contributed by atoms with Crippen molar-refractivity contribution in [2.24, 2.45) is 5.73 Å². The first-order valence-corrected chi connectivity index (χ1v) is 6.27. The maximum absolute atomic E-state index is 14.0. The van der Waals surface area contributed by atoms with Crippen LogP contribution in [0.3, 0.4) is 0 Å². The van der Waals surface area contributed by atoms with E-state index in [1.165, 1.54) is 6.92 Å². The Morgan fingerprint density at radius 3 is 2.47 bits per heavy atom. The number of hydrogen-bond donors (Lipinski definition) is 1. The lowest BCUT2D eigenvalue weighted by Gasteiger charge is -2.20. The Hall–Kier alpha value is -1.06. The summed E-state index contributed by atoms with van der Waals surface area (Å²) in [6.07, 6.45) is 4.78. The van der Waals surface area contributed by atoms with Gasteiger partial charge in [0.25, 0.3) is 0 Å². The second-order valence-electron chi connectivity index (χ2n) is 4.42. The molecule has 0 rings (SSSR count). The smallest absolute Gasteiger partial charge is 0.332 e. The second kappa shape index (κ2) is 8.09. The number of halogens is 1. The van der Waals surface area contributed by atoms with Crippen LogP contribution in [-0.4, -0.2) is 18.2 Å². The molecule has 1 atom stereocenters. The van der Waals surface area contributed by atoms with Gasteiger partial charge in [-0.2, -0.15) is 0 Å². The summed E-state index contributed by atoms with van der Waals surface area (Å²) >= 11 is 0. The lowest BCUT2D eigenvalue weighted by atomic mass is 9.97. The summed E-state index contributed by atoms with van der Waals surface area (Å²) in [6, 6.07) is 0. The number of esters is 1. The molecule has 0 aromatic rings. The average Bonchev–Trinajstić information content (AvgIpc) is 2.26. The SMILES string of the molecule is CCCCOC(=O)C=C(N)C(C)(F)CCCC. The number of rotatable bonds is 8. The normalized spacial score (nSPS) is 15.4. The molecule has 17 heavy (non-hydrogen) atoms. The summed E-state index contributed by atoms with van der Waals surface area (Å²) in [5, 5.41) is 0. The van der Waals surface area contributed by atoms with Gasteiger partial charge in [0.2, 0.25) is 0 Å². The van der Waals surface area contributed by atoms with Crippen molar-refractivity contribution >= 4 is 5.97 Å². The third-order valence-corrected chi connectivity index (χ3v) is 2.62. The molecule has 0 aromatic carbocycles. The monoisotopic (exact) mass is 245 g/mol. The van der Waals surface area contributed by atoms with Crippen LogP contribution < -0.4 is 5.73 Å². The Morgan fingerprint density at radius 2 is 1.94 bits per heavy atom. The van der Waals surface area contributed by atoms with E-state index in [-0.39, 0.29) is 5.70 Å². The number of carbonyl (C=O) groups is 1. The summed E-state index contributed by atoms with van der Waals surface area (Å²) in [6.45, 7) is 5.74. The van der Waals surface area contributed by atoms with Crippen molar-refractivity contribution < 1.29 is 13.9 Å². The van der Waals surface area contributed by atoms with Crippen LogP contribution in [0.2, 0.25) is 0 Å². The molecular weight excluding hydrogens is 221 g/mol. The van der Waals surface area contributed by atoms with E-state index in [0.29, 0.717) is 13.0 Å². The van der Waals surface area contributed by atoms with Crippen LogP contribution in [0, 0.1) is 0 Å². The zero-order valence-electron chi connectivity index (χ0n) is 11.1. The summed E-state index contributed by atoms with van der Waals surface area (Å²) in [7, 11) is 0. The minimum absolute atomic E-state index is 0.0487. The molecule has 0 aromatic heterocycles. The maximum Gasteiger partial charge on any atom is 0.332 e. The maximum atomic E-state index is 14.0. The van der Waals surface area contributed by atoms with Crippen LogP contribution in [0.15, 0.2) is 11.8 Å². The van der Waals surface area contributed by atoms with Gasteiger partial charge in [-0.3, -0.25) is 0 Å². The van der Waals surface area contributed by atoms with Crippen LogP contribution in [-0.2, 0) is 9.53 Å². The zero-order chi connectivity index (χ0) is 13.3. The molecule has 0 bridgehead atoms. The largest absolute Gasteiger partial charge is 0.462 e. The number of carbonyl (C=O) groups excluding carboxylic acids is 1. The van der Waals surface area contributed by atoms with E-state index in [0.717, 1.165) is 31.8 Å². The van der Waals surface area contributed by atoms with Crippen molar-refractivity contribution in [3.05, 3.63) is 11.8 Å². The first kappa shape index (κ1) is 15.9. The quantitative estimate of drug-likeness (QED) is 0.406. The highest BCUT2D eigenvalue weighted by Gasteiger charge is 2.26. The van der Waals surface area contributed by atoms with Crippen LogP contribution >= 0.6 is 0 Å². The van der Waals surface area contributed by atoms with E-state index in [1.54, 1.807) is 0 Å². The van der Waals surface area contributed by atoms with E-state index in [4.69, 9.17) is 10.5 Å². The van der Waals surface area contributed by atoms with Gasteiger partial charge in [0.05, 0.1) is 12.3 Å². The number of allylic oxidation sites excluding steroid dienone is 1. The van der Waals surface area contributed by atoms with Gasteiger partial charge in [0.1, 0.15) is 5.67 Å². The fraction of sp³-hybridized carbons (Fsp3) is 0.769. The van der Waals surface area contributed by atoms with Crippen LogP contribution in [0.5, 0.6) is 0 Å². The average molecular weight is 245 g/mol. The molecule has 0 aliphatic heterocycles. The third kappa shape index (κ3) is 6.97. The number of alkyl halides is 1. The Kier molecular flexibility index (Phi) is 7.59. The van der Waals surface area contributed by atoms with Crippen LogP contribution in [0.1, 0.15) is 52.9 Å². The van der Waals surface area contributed by atoms with Gasteiger partial charge in [-0.25, -0.2) is 9.18 Å². The molecule has 0 saturated carbocycles. The van der Waals surface area contributed by atoms with Crippen molar-refractivity contribution in [2.75, 3.05) is 6.61 Å². The molecule has 4 heteroatoms. The van der Waals surface area contributed by atoms with Gasteiger partial charge in [0.15, 0.2) is 0 Å². The van der Waals surface area contributed by atoms with Gasteiger partial charge in [-0.1, -0.05) is 33.1 Å². The van der Waals surface area contributed by atoms with Gasteiger partial charge in [-0.15, -0.1) is 0 Å². The van der Waals surface area contributed by atoms with Crippen LogP contribution in [0.25, 0.3) is 0 Å². The summed E-state index contributed by atoms with van der Waals surface area (Å²) in [4.78, 5) is 11.3. The molecule has 100 valence electrons. The molecule has 0 saturated heterocycles. The highest BCUT2D eigenvalue weighted by atomic mass is 19.1. The van der Waals surface area contributed by atoms with E-state index in [1.807, 2.05) is 13.8 Å². The topological polar surface area (TPSA) is 52.3 Å². The highest BCUT2D eigenvalue weighted by molar-refractivity contribution is 5.82. The standard InChI is InChI=1S/C13H24FNO2/c1-4-6-8-13(3,14)11(15)10-12(16)17-9-7-5-2/h10H,4-9,15H2,1-3H3. The molecule has 0 spiro atoms. The predicted octanol–water partition coefficient (Wildman–Crippen LogP) is 3.09. The third-order valence-electron chi connectivity index (χ3n) is 2.62. The first-order valence-electron chi connectivity index (χ1n) is 6.27. The molecule has 0 aliphatic rings. The van der Waals surface area contributed by atoms with Crippen LogP contribution in [0.4, 0.5) is 4.39 Å². The van der Waals surface area contributed by atoms with E-state index in [9.17, 15) is 9.18 Å². The number of nitrogens with two attached hydrogens (primary N) is 1. The highest BCUT2D eigenvalue weighted by Crippen LogP contribution is 2.24. The summed E-state index contributed by atoms with van der Waals surface area (Å²) in [5.41, 5.74) is 3.91. The molecular formula is C13H24FNO2. The molecule has 3 nitrogen and oxygen atoms in total. The molecule has 0 fully saturated rings. The molecule has 0 aliphatic carbocycles. The molecule has 2 N–H and O–H groups in total. The van der Waals surface area contributed by atoms with Crippen molar-refractivity contribution in [2.45, 2.75) is 58.5 Å². The second-order valence-corrected chi connectivity index (χ2v) is 4.42. The number of hydrogen-bond acceptors (Lipinski definition) is 3. The summed E-state index contributed by atoms with van der Waals surface area (Å²) < 4.78 is 18.9. The van der Waals surface area contributed by atoms with Gasteiger partial charge >= 0.3 is 5.97 Å². The van der Waals surface area contributed by atoms with Crippen molar-refractivity contribution in [3.63, 3.8) is 0 Å². The Labute approximate surface area is 103 Å². The van der Waals surface area contributed by atoms with E-state index < -0.39 is 11.6 Å². The molecule has 1 unspecified atom stereocenters. The Bertz CT molecular complexity index is 262. The first-order chi connectivity index (χ1) is 7.94. The number of unbranched alkanes of at least 4 members (excludes halogenated alkanes) is 2. The van der Waals surface area contributed by atoms with Gasteiger partial charge < -0.3 is 10.5 Å². The lowest BCUT2D eigenvalue weighted by molar-refractivity contribution is -0.138. The van der Waals surface area contributed by atoms with Crippen molar-refractivity contribution in [1.29, 1.82) is 0 Å². The predicted molar refractivity (Wildman–Crippen MR) is 67.2 cm³/mol.